The molecule has 1 aromatic rings. The maximum Gasteiger partial charge on any atom is 0.0640 e. The predicted octanol–water partition coefficient (Wildman–Crippen LogP) is 2.52. The topological polar surface area (TPSA) is 43.8 Å². The third-order valence-corrected chi connectivity index (χ3v) is 3.52. The van der Waals surface area contributed by atoms with E-state index >= 15 is 0 Å². The number of hydrogen-bond acceptors (Lipinski definition) is 2. The molecule has 0 spiro atoms. The zero-order valence-electron chi connectivity index (χ0n) is 10.4. The van der Waals surface area contributed by atoms with Crippen LogP contribution in [0, 0.1) is 5.92 Å². The molecule has 0 bridgehead atoms. The van der Waals surface area contributed by atoms with Crippen LogP contribution in [0.25, 0.3) is 0 Å². The lowest BCUT2D eigenvalue weighted by Crippen LogP contribution is -2.28. The normalized spacial score (nSPS) is 18.8. The van der Waals surface area contributed by atoms with Gasteiger partial charge in [-0.15, -0.1) is 0 Å². The van der Waals surface area contributed by atoms with Gasteiger partial charge in [-0.1, -0.05) is 19.3 Å². The minimum atomic E-state index is 0.292. The highest BCUT2D eigenvalue weighted by Gasteiger charge is 2.20. The summed E-state index contributed by atoms with van der Waals surface area (Å²) in [5.74, 6) is 0.891. The molecule has 1 heterocycles. The Morgan fingerprint density at radius 1 is 1.50 bits per heavy atom. The van der Waals surface area contributed by atoms with E-state index in [9.17, 15) is 0 Å². The molecule has 1 unspecified atom stereocenters. The van der Waals surface area contributed by atoms with Crippen molar-refractivity contribution in [1.82, 2.24) is 9.78 Å². The van der Waals surface area contributed by atoms with Gasteiger partial charge in [0.05, 0.1) is 5.69 Å². The number of nitrogens with zero attached hydrogens (tertiary/aromatic N) is 2. The van der Waals surface area contributed by atoms with Crippen LogP contribution in [0.2, 0.25) is 0 Å². The molecule has 0 aromatic carbocycles. The van der Waals surface area contributed by atoms with Gasteiger partial charge in [0.1, 0.15) is 0 Å². The van der Waals surface area contributed by atoms with Gasteiger partial charge in [-0.05, 0) is 32.3 Å². The zero-order chi connectivity index (χ0) is 11.5. The molecular weight excluding hydrogens is 198 g/mol. The fraction of sp³-hybridized carbons (Fsp3) is 0.769. The van der Waals surface area contributed by atoms with Crippen molar-refractivity contribution in [3.05, 3.63) is 18.0 Å². The van der Waals surface area contributed by atoms with Crippen molar-refractivity contribution >= 4 is 0 Å². The summed E-state index contributed by atoms with van der Waals surface area (Å²) in [7, 11) is 0. The highest BCUT2D eigenvalue weighted by molar-refractivity contribution is 5.02. The zero-order valence-corrected chi connectivity index (χ0v) is 10.4. The molecular formula is C13H23N3. The minimum Gasteiger partial charge on any atom is -0.327 e. The van der Waals surface area contributed by atoms with E-state index in [1.807, 2.05) is 4.68 Å². The Morgan fingerprint density at radius 3 is 2.75 bits per heavy atom. The van der Waals surface area contributed by atoms with Crippen LogP contribution in [0.1, 0.15) is 51.3 Å². The molecule has 16 heavy (non-hydrogen) atoms. The van der Waals surface area contributed by atoms with Gasteiger partial charge >= 0.3 is 0 Å². The second kappa shape index (κ2) is 5.00. The maximum absolute atomic E-state index is 6.15. The summed E-state index contributed by atoms with van der Waals surface area (Å²) in [5.41, 5.74) is 7.29. The second-order valence-electron chi connectivity index (χ2n) is 5.38. The lowest BCUT2D eigenvalue weighted by atomic mass is 9.80. The Bertz CT molecular complexity index is 326. The second-order valence-corrected chi connectivity index (χ2v) is 5.38. The molecule has 1 saturated carbocycles. The van der Waals surface area contributed by atoms with E-state index < -0.39 is 0 Å². The van der Waals surface area contributed by atoms with E-state index in [1.165, 1.54) is 25.7 Å². The van der Waals surface area contributed by atoms with Crippen LogP contribution in [0.4, 0.5) is 0 Å². The van der Waals surface area contributed by atoms with Crippen molar-refractivity contribution < 1.29 is 0 Å². The largest absolute Gasteiger partial charge is 0.327 e. The summed E-state index contributed by atoms with van der Waals surface area (Å²) in [6, 6.07) is 2.83. The molecule has 3 heteroatoms. The predicted molar refractivity (Wildman–Crippen MR) is 66.2 cm³/mol. The van der Waals surface area contributed by atoms with E-state index in [0.717, 1.165) is 18.0 Å². The number of nitrogens with two attached hydrogens (primary N) is 1. The van der Waals surface area contributed by atoms with Crippen molar-refractivity contribution in [3.8, 4) is 0 Å². The molecule has 0 amide bonds. The number of rotatable bonds is 5. The molecule has 1 aromatic heterocycles. The number of aromatic nitrogens is 2. The first-order valence-electron chi connectivity index (χ1n) is 6.44. The molecule has 1 fully saturated rings. The van der Waals surface area contributed by atoms with E-state index in [4.69, 9.17) is 5.73 Å². The molecule has 0 aliphatic heterocycles. The fourth-order valence-electron chi connectivity index (χ4n) is 2.28. The third-order valence-electron chi connectivity index (χ3n) is 3.52. The quantitative estimate of drug-likeness (QED) is 0.830. The van der Waals surface area contributed by atoms with Gasteiger partial charge in [-0.25, -0.2) is 0 Å². The highest BCUT2D eigenvalue weighted by Crippen LogP contribution is 2.30. The van der Waals surface area contributed by atoms with Crippen LogP contribution in [-0.4, -0.2) is 15.8 Å². The van der Waals surface area contributed by atoms with E-state index in [1.54, 1.807) is 0 Å². The monoisotopic (exact) mass is 221 g/mol. The van der Waals surface area contributed by atoms with Gasteiger partial charge in [0.15, 0.2) is 0 Å². The standard InChI is InChI=1S/C13H23N3/c1-10(2)16-7-6-13(15-16)9-12(14)8-11-4-3-5-11/h6-7,10-12H,3-5,8-9,14H2,1-2H3. The molecule has 0 radical (unpaired) electrons. The van der Waals surface area contributed by atoms with E-state index in [2.05, 4.69) is 31.2 Å². The molecule has 1 atom stereocenters. The van der Waals surface area contributed by atoms with Crippen LogP contribution in [0.5, 0.6) is 0 Å². The Labute approximate surface area is 98.0 Å². The van der Waals surface area contributed by atoms with Crippen LogP contribution >= 0.6 is 0 Å². The van der Waals surface area contributed by atoms with Gasteiger partial charge in [0.2, 0.25) is 0 Å². The SMILES string of the molecule is CC(C)n1ccc(CC(N)CC2CCC2)n1. The third kappa shape index (κ3) is 2.85. The molecule has 1 aliphatic carbocycles. The lowest BCUT2D eigenvalue weighted by molar-refractivity contribution is 0.275. The average Bonchev–Trinajstić information content (AvgIpc) is 2.60. The summed E-state index contributed by atoms with van der Waals surface area (Å²) in [6.45, 7) is 4.29. The summed E-state index contributed by atoms with van der Waals surface area (Å²) < 4.78 is 2.01. The van der Waals surface area contributed by atoms with Crippen LogP contribution in [-0.2, 0) is 6.42 Å². The highest BCUT2D eigenvalue weighted by atomic mass is 15.3. The molecule has 90 valence electrons. The van der Waals surface area contributed by atoms with Crippen LogP contribution < -0.4 is 5.73 Å². The summed E-state index contributed by atoms with van der Waals surface area (Å²) in [4.78, 5) is 0. The summed E-state index contributed by atoms with van der Waals surface area (Å²) in [5, 5.41) is 4.54. The molecule has 2 N–H and O–H groups in total. The Balaban J connectivity index is 1.82. The summed E-state index contributed by atoms with van der Waals surface area (Å²) >= 11 is 0. The lowest BCUT2D eigenvalue weighted by Gasteiger charge is -2.27. The Kier molecular flexibility index (Phi) is 3.64. The molecule has 0 saturated heterocycles. The van der Waals surface area contributed by atoms with Crippen molar-refractivity contribution in [2.45, 2.75) is 58.0 Å². The average molecular weight is 221 g/mol. The smallest absolute Gasteiger partial charge is 0.0640 e. The van der Waals surface area contributed by atoms with Crippen molar-refractivity contribution in [1.29, 1.82) is 0 Å². The first-order chi connectivity index (χ1) is 7.65. The minimum absolute atomic E-state index is 0.292. The van der Waals surface area contributed by atoms with Gasteiger partial charge in [-0.3, -0.25) is 4.68 Å². The van der Waals surface area contributed by atoms with Crippen molar-refractivity contribution in [3.63, 3.8) is 0 Å². The van der Waals surface area contributed by atoms with Gasteiger partial charge in [-0.2, -0.15) is 5.10 Å². The Morgan fingerprint density at radius 2 is 2.25 bits per heavy atom. The number of hydrogen-bond donors (Lipinski definition) is 1. The fourth-order valence-corrected chi connectivity index (χ4v) is 2.28. The van der Waals surface area contributed by atoms with E-state index in [-0.39, 0.29) is 0 Å². The van der Waals surface area contributed by atoms with Gasteiger partial charge < -0.3 is 5.73 Å². The maximum atomic E-state index is 6.15. The van der Waals surface area contributed by atoms with Crippen LogP contribution in [0.15, 0.2) is 12.3 Å². The molecule has 3 nitrogen and oxygen atoms in total. The molecule has 1 aliphatic rings. The van der Waals surface area contributed by atoms with Crippen molar-refractivity contribution in [2.75, 3.05) is 0 Å². The summed E-state index contributed by atoms with van der Waals surface area (Å²) in [6.07, 6.45) is 8.32. The van der Waals surface area contributed by atoms with E-state index in [0.29, 0.717) is 12.1 Å². The van der Waals surface area contributed by atoms with Crippen LogP contribution in [0.3, 0.4) is 0 Å². The first-order valence-corrected chi connectivity index (χ1v) is 6.44. The van der Waals surface area contributed by atoms with Crippen molar-refractivity contribution in [2.24, 2.45) is 11.7 Å². The Hall–Kier alpha value is -0.830. The molecule has 2 rings (SSSR count). The van der Waals surface area contributed by atoms with Gasteiger partial charge in [0.25, 0.3) is 0 Å². The van der Waals surface area contributed by atoms with Gasteiger partial charge in [0, 0.05) is 24.7 Å². The first kappa shape index (κ1) is 11.6.